The third-order valence-electron chi connectivity index (χ3n) is 4.89. The van der Waals surface area contributed by atoms with Crippen LogP contribution in [0.5, 0.6) is 0 Å². The minimum absolute atomic E-state index is 0.0748. The average molecular weight is 409 g/mol. The molecule has 4 nitrogen and oxygen atoms in total. The molecule has 0 N–H and O–H groups in total. The standard InChI is InChI=1S/C21H23ClF2N2O2/c1-4-26(3)13-25-20-9-19(24)16(8-14(20)2)21(11-27-12-21)28-10-15-17(22)6-5-7-18(15)23/h5-9,13H,4,10-12H2,1-3H3. The van der Waals surface area contributed by atoms with Gasteiger partial charge in [0.05, 0.1) is 31.8 Å². The average Bonchev–Trinajstić information content (AvgIpc) is 2.63. The fourth-order valence-electron chi connectivity index (χ4n) is 2.89. The second-order valence-electron chi connectivity index (χ2n) is 6.91. The van der Waals surface area contributed by atoms with E-state index in [1.807, 2.05) is 25.8 Å². The Morgan fingerprint density at radius 2 is 2.04 bits per heavy atom. The first-order chi connectivity index (χ1) is 13.4. The van der Waals surface area contributed by atoms with E-state index in [-0.39, 0.29) is 30.4 Å². The molecule has 1 heterocycles. The summed E-state index contributed by atoms with van der Waals surface area (Å²) in [6.45, 7) is 4.97. The Morgan fingerprint density at radius 3 is 2.64 bits per heavy atom. The van der Waals surface area contributed by atoms with Gasteiger partial charge in [-0.25, -0.2) is 13.8 Å². The molecule has 0 aliphatic carbocycles. The lowest BCUT2D eigenvalue weighted by Crippen LogP contribution is -2.49. The van der Waals surface area contributed by atoms with Gasteiger partial charge >= 0.3 is 0 Å². The van der Waals surface area contributed by atoms with Crippen molar-refractivity contribution in [3.05, 3.63) is 63.7 Å². The first kappa shape index (κ1) is 20.7. The summed E-state index contributed by atoms with van der Waals surface area (Å²) in [4.78, 5) is 6.24. The van der Waals surface area contributed by atoms with Gasteiger partial charge in [0.2, 0.25) is 0 Å². The number of aryl methyl sites for hydroxylation is 1. The van der Waals surface area contributed by atoms with Gasteiger partial charge in [0, 0.05) is 35.8 Å². The molecule has 1 saturated heterocycles. The van der Waals surface area contributed by atoms with Gasteiger partial charge in [0.25, 0.3) is 0 Å². The maximum absolute atomic E-state index is 14.9. The zero-order valence-corrected chi connectivity index (χ0v) is 16.9. The van der Waals surface area contributed by atoms with Crippen LogP contribution in [0.15, 0.2) is 35.3 Å². The lowest BCUT2D eigenvalue weighted by Gasteiger charge is -2.42. The lowest BCUT2D eigenvalue weighted by molar-refractivity contribution is -0.224. The van der Waals surface area contributed by atoms with E-state index < -0.39 is 17.2 Å². The van der Waals surface area contributed by atoms with Crippen molar-refractivity contribution in [1.82, 2.24) is 4.90 Å². The molecule has 1 aliphatic heterocycles. The molecule has 1 aliphatic rings. The highest BCUT2D eigenvalue weighted by molar-refractivity contribution is 6.31. The minimum atomic E-state index is -0.969. The molecule has 0 radical (unpaired) electrons. The van der Waals surface area contributed by atoms with Crippen molar-refractivity contribution in [2.45, 2.75) is 26.1 Å². The molecule has 0 spiro atoms. The molecule has 0 unspecified atom stereocenters. The molecule has 0 amide bonds. The molecule has 2 aromatic carbocycles. The molecule has 0 saturated carbocycles. The van der Waals surface area contributed by atoms with Crippen molar-refractivity contribution in [3.8, 4) is 0 Å². The Hall–Kier alpha value is -2.02. The Labute approximate surface area is 168 Å². The van der Waals surface area contributed by atoms with Gasteiger partial charge < -0.3 is 14.4 Å². The van der Waals surface area contributed by atoms with Crippen molar-refractivity contribution in [3.63, 3.8) is 0 Å². The maximum atomic E-state index is 14.9. The van der Waals surface area contributed by atoms with Crippen molar-refractivity contribution < 1.29 is 18.3 Å². The third kappa shape index (κ3) is 4.19. The van der Waals surface area contributed by atoms with Crippen molar-refractivity contribution >= 4 is 23.6 Å². The molecule has 150 valence electrons. The van der Waals surface area contributed by atoms with Crippen molar-refractivity contribution in [2.24, 2.45) is 4.99 Å². The largest absolute Gasteiger partial charge is 0.375 e. The van der Waals surface area contributed by atoms with Gasteiger partial charge in [-0.1, -0.05) is 17.7 Å². The summed E-state index contributed by atoms with van der Waals surface area (Å²) in [5.41, 5.74) is 1.02. The monoisotopic (exact) mass is 408 g/mol. The number of ether oxygens (including phenoxy) is 2. The van der Waals surface area contributed by atoms with Crippen LogP contribution >= 0.6 is 11.6 Å². The van der Waals surface area contributed by atoms with Gasteiger partial charge in [-0.2, -0.15) is 0 Å². The molecule has 2 aromatic rings. The molecule has 3 rings (SSSR count). The molecule has 28 heavy (non-hydrogen) atoms. The summed E-state index contributed by atoms with van der Waals surface area (Å²) in [5.74, 6) is -0.885. The van der Waals surface area contributed by atoms with Crippen LogP contribution in [0, 0.1) is 18.6 Å². The van der Waals surface area contributed by atoms with Crippen LogP contribution in [-0.4, -0.2) is 38.0 Å². The smallest absolute Gasteiger partial charge is 0.143 e. The van der Waals surface area contributed by atoms with E-state index in [4.69, 9.17) is 21.1 Å². The van der Waals surface area contributed by atoms with Crippen LogP contribution in [0.2, 0.25) is 5.02 Å². The predicted octanol–water partition coefficient (Wildman–Crippen LogP) is 4.98. The molecular formula is C21H23ClF2N2O2. The number of aliphatic imine (C=N–C) groups is 1. The van der Waals surface area contributed by atoms with Crippen molar-refractivity contribution in [2.75, 3.05) is 26.8 Å². The van der Waals surface area contributed by atoms with Crippen LogP contribution in [-0.2, 0) is 21.7 Å². The number of hydrogen-bond acceptors (Lipinski definition) is 3. The second kappa shape index (κ2) is 8.55. The molecule has 0 bridgehead atoms. The lowest BCUT2D eigenvalue weighted by atomic mass is 9.89. The van der Waals surface area contributed by atoms with Gasteiger partial charge in [0.15, 0.2) is 0 Å². The Bertz CT molecular complexity index is 865. The van der Waals surface area contributed by atoms with E-state index in [0.29, 0.717) is 11.3 Å². The normalized spacial score (nSPS) is 15.6. The van der Waals surface area contributed by atoms with Crippen LogP contribution in [0.3, 0.4) is 0 Å². The minimum Gasteiger partial charge on any atom is -0.375 e. The van der Waals surface area contributed by atoms with Gasteiger partial charge in [-0.3, -0.25) is 0 Å². The van der Waals surface area contributed by atoms with E-state index in [2.05, 4.69) is 4.99 Å². The van der Waals surface area contributed by atoms with E-state index in [0.717, 1.165) is 12.1 Å². The number of halogens is 3. The fraction of sp³-hybridized carbons (Fsp3) is 0.381. The molecular weight excluding hydrogens is 386 g/mol. The van der Waals surface area contributed by atoms with Gasteiger partial charge in [0.1, 0.15) is 17.2 Å². The van der Waals surface area contributed by atoms with E-state index in [1.54, 1.807) is 18.5 Å². The number of benzene rings is 2. The zero-order chi connectivity index (χ0) is 20.3. The van der Waals surface area contributed by atoms with Crippen LogP contribution in [0.25, 0.3) is 0 Å². The van der Waals surface area contributed by atoms with Crippen molar-refractivity contribution in [1.29, 1.82) is 0 Å². The van der Waals surface area contributed by atoms with Crippen LogP contribution < -0.4 is 0 Å². The second-order valence-corrected chi connectivity index (χ2v) is 7.32. The van der Waals surface area contributed by atoms with Crippen LogP contribution in [0.4, 0.5) is 14.5 Å². The predicted molar refractivity (Wildman–Crippen MR) is 106 cm³/mol. The van der Waals surface area contributed by atoms with Gasteiger partial charge in [-0.15, -0.1) is 0 Å². The van der Waals surface area contributed by atoms with E-state index in [1.165, 1.54) is 18.2 Å². The maximum Gasteiger partial charge on any atom is 0.143 e. The molecule has 0 atom stereocenters. The van der Waals surface area contributed by atoms with Gasteiger partial charge in [-0.05, 0) is 37.6 Å². The summed E-state index contributed by atoms with van der Waals surface area (Å²) < 4.78 is 40.2. The third-order valence-corrected chi connectivity index (χ3v) is 5.25. The molecule has 0 aromatic heterocycles. The van der Waals surface area contributed by atoms with E-state index in [9.17, 15) is 8.78 Å². The first-order valence-corrected chi connectivity index (χ1v) is 9.43. The number of hydrogen-bond donors (Lipinski definition) is 0. The number of nitrogens with zero attached hydrogens (tertiary/aromatic N) is 2. The number of rotatable bonds is 7. The summed E-state index contributed by atoms with van der Waals surface area (Å²) in [6, 6.07) is 7.56. The Kier molecular flexibility index (Phi) is 6.33. The quantitative estimate of drug-likeness (QED) is 0.478. The summed E-state index contributed by atoms with van der Waals surface area (Å²) >= 11 is 6.07. The topological polar surface area (TPSA) is 34.1 Å². The summed E-state index contributed by atoms with van der Waals surface area (Å²) in [5, 5.41) is 0.275. The SMILES string of the molecule is CCN(C)C=Nc1cc(F)c(C2(OCc3c(F)cccc3Cl)COC2)cc1C. The highest BCUT2D eigenvalue weighted by Gasteiger charge is 2.44. The highest BCUT2D eigenvalue weighted by atomic mass is 35.5. The summed E-state index contributed by atoms with van der Waals surface area (Å²) in [7, 11) is 1.89. The molecule has 1 fully saturated rings. The van der Waals surface area contributed by atoms with Crippen LogP contribution in [0.1, 0.15) is 23.6 Å². The summed E-state index contributed by atoms with van der Waals surface area (Å²) in [6.07, 6.45) is 1.67. The molecule has 7 heteroatoms. The highest BCUT2D eigenvalue weighted by Crippen LogP contribution is 2.39. The zero-order valence-electron chi connectivity index (χ0n) is 16.1. The Balaban J connectivity index is 1.86. The Morgan fingerprint density at radius 1 is 1.29 bits per heavy atom. The van der Waals surface area contributed by atoms with E-state index >= 15 is 0 Å². The first-order valence-electron chi connectivity index (χ1n) is 9.06. The fourth-order valence-corrected chi connectivity index (χ4v) is 3.10.